The fourth-order valence-electron chi connectivity index (χ4n) is 3.47. The van der Waals surface area contributed by atoms with Crippen molar-refractivity contribution in [2.45, 2.75) is 26.2 Å². The average molecular weight is 360 g/mol. The first-order valence-corrected chi connectivity index (χ1v) is 9.23. The Balaban J connectivity index is 1.59. The number of nitrogens with one attached hydrogen (secondary N) is 2. The Morgan fingerprint density at radius 1 is 1.23 bits per heavy atom. The summed E-state index contributed by atoms with van der Waals surface area (Å²) in [5.74, 6) is -0.0641. The zero-order valence-corrected chi connectivity index (χ0v) is 15.2. The lowest BCUT2D eigenvalue weighted by molar-refractivity contribution is -0.903. The number of piperidine rings is 1. The van der Waals surface area contributed by atoms with Crippen LogP contribution in [0.5, 0.6) is 5.75 Å². The molecule has 0 aliphatic carbocycles. The number of ether oxygens (including phenoxy) is 1. The van der Waals surface area contributed by atoms with Crippen molar-refractivity contribution >= 4 is 23.3 Å². The first-order valence-electron chi connectivity index (χ1n) is 9.23. The van der Waals surface area contributed by atoms with E-state index in [2.05, 4.69) is 5.32 Å². The van der Waals surface area contributed by atoms with Gasteiger partial charge in [0, 0.05) is 5.56 Å². The molecule has 1 saturated heterocycles. The highest BCUT2D eigenvalue weighted by Crippen LogP contribution is 2.32. The quantitative estimate of drug-likeness (QED) is 0.689. The van der Waals surface area contributed by atoms with E-state index in [0.717, 1.165) is 6.54 Å². The van der Waals surface area contributed by atoms with E-state index >= 15 is 0 Å². The molecule has 2 N–H and O–H groups in total. The smallest absolute Gasteiger partial charge is 0.265 e. The fourth-order valence-corrected chi connectivity index (χ4v) is 3.47. The summed E-state index contributed by atoms with van der Waals surface area (Å²) < 4.78 is 5.41. The third-order valence-corrected chi connectivity index (χ3v) is 4.97. The molecule has 7 heteroatoms. The van der Waals surface area contributed by atoms with Crippen molar-refractivity contribution in [1.29, 1.82) is 0 Å². The van der Waals surface area contributed by atoms with Crippen LogP contribution in [-0.4, -0.2) is 56.9 Å². The van der Waals surface area contributed by atoms with Gasteiger partial charge in [-0.15, -0.1) is 0 Å². The van der Waals surface area contributed by atoms with Crippen molar-refractivity contribution in [3.63, 3.8) is 0 Å². The Morgan fingerprint density at radius 2 is 2.00 bits per heavy atom. The van der Waals surface area contributed by atoms with Gasteiger partial charge < -0.3 is 15.0 Å². The third kappa shape index (κ3) is 4.40. The first-order chi connectivity index (χ1) is 12.5. The summed E-state index contributed by atoms with van der Waals surface area (Å²) in [5, 5.41) is 2.90. The predicted molar refractivity (Wildman–Crippen MR) is 96.7 cm³/mol. The number of hydrogen-bond acceptors (Lipinski definition) is 4. The van der Waals surface area contributed by atoms with Gasteiger partial charge in [0.15, 0.2) is 12.4 Å². The van der Waals surface area contributed by atoms with E-state index in [4.69, 9.17) is 4.74 Å². The molecular formula is C19H26N3O4+. The predicted octanol–water partition coefficient (Wildman–Crippen LogP) is -0.200. The number of anilines is 1. The Hall–Kier alpha value is -2.41. The largest absolute Gasteiger partial charge is 0.482 e. The highest BCUT2D eigenvalue weighted by Gasteiger charge is 2.28. The van der Waals surface area contributed by atoms with Crippen LogP contribution in [-0.2, 0) is 9.59 Å². The van der Waals surface area contributed by atoms with E-state index in [1.165, 1.54) is 49.1 Å². The van der Waals surface area contributed by atoms with Gasteiger partial charge in [0.25, 0.3) is 5.91 Å². The summed E-state index contributed by atoms with van der Waals surface area (Å²) in [5.41, 5.74) is 0.965. The molecule has 1 aromatic rings. The van der Waals surface area contributed by atoms with Gasteiger partial charge in [-0.1, -0.05) is 0 Å². The number of Topliss-reactive ketones (excluding diaryl/α,β-unsaturated/α-hetero) is 1. The van der Waals surface area contributed by atoms with Gasteiger partial charge in [-0.3, -0.25) is 19.3 Å². The SMILES string of the molecule is CC(=O)c1ccc2c(c1)N(CC(=O)NCC[NH+]1CCCCC1)C(=O)CO2. The lowest BCUT2D eigenvalue weighted by atomic mass is 10.1. The number of carbonyl (C=O) groups is 3. The molecule has 3 rings (SSSR count). The molecule has 140 valence electrons. The van der Waals surface area contributed by atoms with Gasteiger partial charge in [0.05, 0.1) is 31.9 Å². The van der Waals surface area contributed by atoms with Crippen LogP contribution in [0.4, 0.5) is 5.69 Å². The maximum Gasteiger partial charge on any atom is 0.265 e. The molecule has 2 aliphatic heterocycles. The van der Waals surface area contributed by atoms with Crippen LogP contribution in [0.25, 0.3) is 0 Å². The minimum Gasteiger partial charge on any atom is -0.482 e. The van der Waals surface area contributed by atoms with Gasteiger partial charge in [-0.05, 0) is 44.4 Å². The summed E-state index contributed by atoms with van der Waals surface area (Å²) in [6.07, 6.45) is 3.80. The van der Waals surface area contributed by atoms with Gasteiger partial charge >= 0.3 is 0 Å². The van der Waals surface area contributed by atoms with Crippen LogP contribution in [0.1, 0.15) is 36.5 Å². The number of carbonyl (C=O) groups excluding carboxylic acids is 3. The minimum atomic E-state index is -0.282. The molecule has 1 fully saturated rings. The number of amides is 2. The zero-order chi connectivity index (χ0) is 18.5. The molecular weight excluding hydrogens is 334 g/mol. The number of ketones is 1. The van der Waals surface area contributed by atoms with Crippen molar-refractivity contribution in [3.05, 3.63) is 23.8 Å². The fraction of sp³-hybridized carbons (Fsp3) is 0.526. The van der Waals surface area contributed by atoms with Crippen molar-refractivity contribution in [3.8, 4) is 5.75 Å². The molecule has 2 aliphatic rings. The molecule has 0 spiro atoms. The molecule has 0 radical (unpaired) electrons. The Labute approximate surface area is 153 Å². The second-order valence-electron chi connectivity index (χ2n) is 6.92. The van der Waals surface area contributed by atoms with Crippen LogP contribution < -0.4 is 19.9 Å². The maximum absolute atomic E-state index is 12.3. The van der Waals surface area contributed by atoms with Crippen molar-refractivity contribution in [1.82, 2.24) is 5.32 Å². The average Bonchev–Trinajstić information content (AvgIpc) is 2.64. The zero-order valence-electron chi connectivity index (χ0n) is 15.2. The molecule has 0 unspecified atom stereocenters. The lowest BCUT2D eigenvalue weighted by Gasteiger charge is -2.29. The van der Waals surface area contributed by atoms with E-state index in [1.807, 2.05) is 0 Å². The first kappa shape index (κ1) is 18.4. The highest BCUT2D eigenvalue weighted by atomic mass is 16.5. The van der Waals surface area contributed by atoms with Gasteiger partial charge in [-0.25, -0.2) is 0 Å². The molecule has 1 aromatic carbocycles. The van der Waals surface area contributed by atoms with Crippen LogP contribution in [0.3, 0.4) is 0 Å². The molecule has 0 atom stereocenters. The Kier molecular flexibility index (Phi) is 5.88. The molecule has 2 heterocycles. The summed E-state index contributed by atoms with van der Waals surface area (Å²) in [6.45, 7) is 5.15. The summed E-state index contributed by atoms with van der Waals surface area (Å²) in [4.78, 5) is 39.1. The molecule has 2 amide bonds. The highest BCUT2D eigenvalue weighted by molar-refractivity contribution is 6.04. The van der Waals surface area contributed by atoms with E-state index < -0.39 is 0 Å². The van der Waals surface area contributed by atoms with E-state index in [9.17, 15) is 14.4 Å². The monoisotopic (exact) mass is 360 g/mol. The number of hydrogen-bond donors (Lipinski definition) is 2. The van der Waals surface area contributed by atoms with Crippen molar-refractivity contribution in [2.75, 3.05) is 44.2 Å². The summed E-state index contributed by atoms with van der Waals surface area (Å²) in [7, 11) is 0. The normalized spacial score (nSPS) is 17.4. The third-order valence-electron chi connectivity index (χ3n) is 4.97. The second-order valence-corrected chi connectivity index (χ2v) is 6.92. The number of rotatable bonds is 6. The Morgan fingerprint density at radius 3 is 2.73 bits per heavy atom. The molecule has 26 heavy (non-hydrogen) atoms. The molecule has 7 nitrogen and oxygen atoms in total. The number of likely N-dealkylation sites (tertiary alicyclic amines) is 1. The minimum absolute atomic E-state index is 0.0636. The summed E-state index contributed by atoms with van der Waals surface area (Å²) >= 11 is 0. The second kappa shape index (κ2) is 8.31. The topological polar surface area (TPSA) is 80.2 Å². The van der Waals surface area contributed by atoms with Crippen LogP contribution in [0, 0.1) is 0 Å². The van der Waals surface area contributed by atoms with Crippen LogP contribution >= 0.6 is 0 Å². The number of benzene rings is 1. The van der Waals surface area contributed by atoms with Crippen LogP contribution in [0.15, 0.2) is 18.2 Å². The van der Waals surface area contributed by atoms with Crippen molar-refractivity contribution < 1.29 is 24.0 Å². The molecule has 0 aromatic heterocycles. The maximum atomic E-state index is 12.3. The van der Waals surface area contributed by atoms with E-state index in [-0.39, 0.29) is 30.7 Å². The molecule has 0 bridgehead atoms. The van der Waals surface area contributed by atoms with Gasteiger partial charge in [-0.2, -0.15) is 0 Å². The van der Waals surface area contributed by atoms with Crippen LogP contribution in [0.2, 0.25) is 0 Å². The van der Waals surface area contributed by atoms with Gasteiger partial charge in [0.1, 0.15) is 12.3 Å². The number of fused-ring (bicyclic) bond motifs is 1. The van der Waals surface area contributed by atoms with E-state index in [1.54, 1.807) is 18.2 Å². The number of nitrogens with zero attached hydrogens (tertiary/aromatic N) is 1. The van der Waals surface area contributed by atoms with E-state index in [0.29, 0.717) is 23.5 Å². The van der Waals surface area contributed by atoms with Gasteiger partial charge in [0.2, 0.25) is 5.91 Å². The molecule has 0 saturated carbocycles. The lowest BCUT2D eigenvalue weighted by Crippen LogP contribution is -3.13. The Bertz CT molecular complexity index is 698. The summed E-state index contributed by atoms with van der Waals surface area (Å²) in [6, 6.07) is 4.94. The number of quaternary nitrogens is 1. The van der Waals surface area contributed by atoms with Crippen molar-refractivity contribution in [2.24, 2.45) is 0 Å². The standard InChI is InChI=1S/C19H25N3O4/c1-14(23)15-5-6-17-16(11-15)22(19(25)13-26-17)12-18(24)20-7-10-21-8-3-2-4-9-21/h5-6,11H,2-4,7-10,12-13H2,1H3,(H,20,24)/p+1.